The second-order valence-electron chi connectivity index (χ2n) is 9.20. The first-order valence-electron chi connectivity index (χ1n) is 12.1. The van der Waals surface area contributed by atoms with Crippen molar-refractivity contribution >= 4 is 15.9 Å². The van der Waals surface area contributed by atoms with Crippen molar-refractivity contribution in [1.29, 1.82) is 0 Å². The van der Waals surface area contributed by atoms with Crippen molar-refractivity contribution in [2.24, 2.45) is 0 Å². The molecule has 4 rings (SSSR count). The zero-order valence-electron chi connectivity index (χ0n) is 19.7. The van der Waals surface area contributed by atoms with Crippen molar-refractivity contribution in [3.63, 3.8) is 0 Å². The number of nitrogens with one attached hydrogen (secondary N) is 1. The highest BCUT2D eigenvalue weighted by Gasteiger charge is 2.27. The fraction of sp³-hybridized carbons (Fsp3) is 0.500. The molecule has 0 bridgehead atoms. The summed E-state index contributed by atoms with van der Waals surface area (Å²) in [4.78, 5) is 15.7. The molecule has 2 heterocycles. The van der Waals surface area contributed by atoms with E-state index in [1.807, 2.05) is 6.92 Å². The molecule has 1 N–H and O–H groups in total. The summed E-state index contributed by atoms with van der Waals surface area (Å²) in [7, 11) is -3.57. The van der Waals surface area contributed by atoms with Gasteiger partial charge in [0, 0.05) is 44.3 Å². The first-order valence-corrected chi connectivity index (χ1v) is 13.5. The third-order valence-electron chi connectivity index (χ3n) is 7.05. The van der Waals surface area contributed by atoms with E-state index in [1.54, 1.807) is 22.5 Å². The van der Waals surface area contributed by atoms with Gasteiger partial charge in [0.05, 0.1) is 4.90 Å². The third kappa shape index (κ3) is 5.31. The van der Waals surface area contributed by atoms with Crippen LogP contribution in [-0.2, 0) is 23.0 Å². The molecule has 1 saturated heterocycles. The molecule has 0 aliphatic carbocycles. The molecule has 0 aromatic heterocycles. The average Bonchev–Trinajstić information content (AvgIpc) is 2.85. The maximum absolute atomic E-state index is 13.1. The lowest BCUT2D eigenvalue weighted by atomic mass is 9.98. The molecular formula is C26H35N3O3S. The number of hydrogen-bond acceptors (Lipinski definition) is 4. The summed E-state index contributed by atoms with van der Waals surface area (Å²) in [5, 5.41) is 3.08. The highest BCUT2D eigenvalue weighted by atomic mass is 32.2. The minimum absolute atomic E-state index is 0.208. The molecule has 1 amide bonds. The Balaban J connectivity index is 1.44. The van der Waals surface area contributed by atoms with Crippen LogP contribution in [0.1, 0.15) is 59.7 Å². The fourth-order valence-corrected chi connectivity index (χ4v) is 6.47. The molecular weight excluding hydrogens is 434 g/mol. The van der Waals surface area contributed by atoms with Gasteiger partial charge in [-0.1, -0.05) is 43.7 Å². The van der Waals surface area contributed by atoms with Gasteiger partial charge < -0.3 is 5.32 Å². The Morgan fingerprint density at radius 3 is 2.48 bits per heavy atom. The van der Waals surface area contributed by atoms with E-state index >= 15 is 0 Å². The Morgan fingerprint density at radius 1 is 1.03 bits per heavy atom. The van der Waals surface area contributed by atoms with E-state index in [2.05, 4.69) is 41.4 Å². The van der Waals surface area contributed by atoms with Gasteiger partial charge >= 0.3 is 0 Å². The van der Waals surface area contributed by atoms with E-state index in [0.29, 0.717) is 25.2 Å². The van der Waals surface area contributed by atoms with Crippen LogP contribution in [0.25, 0.3) is 0 Å². The minimum Gasteiger partial charge on any atom is -0.350 e. The molecule has 1 unspecified atom stereocenters. The number of sulfonamides is 1. The smallest absolute Gasteiger partial charge is 0.251 e. The van der Waals surface area contributed by atoms with Gasteiger partial charge in [0.15, 0.2) is 0 Å². The molecule has 2 aromatic rings. The summed E-state index contributed by atoms with van der Waals surface area (Å²) in [6.07, 6.45) is 4.80. The number of hydrogen-bond donors (Lipinski definition) is 1. The number of rotatable bonds is 7. The monoisotopic (exact) mass is 469 g/mol. The maximum atomic E-state index is 13.1. The highest BCUT2D eigenvalue weighted by molar-refractivity contribution is 7.89. The lowest BCUT2D eigenvalue weighted by molar-refractivity contribution is 0.0925. The lowest BCUT2D eigenvalue weighted by Crippen LogP contribution is -2.45. The van der Waals surface area contributed by atoms with E-state index in [0.717, 1.165) is 50.8 Å². The molecule has 178 valence electrons. The van der Waals surface area contributed by atoms with Crippen LogP contribution in [0.5, 0.6) is 0 Å². The van der Waals surface area contributed by atoms with Crippen LogP contribution in [0.4, 0.5) is 0 Å². The van der Waals surface area contributed by atoms with Crippen LogP contribution in [0.15, 0.2) is 47.4 Å². The van der Waals surface area contributed by atoms with Gasteiger partial charge in [0.1, 0.15) is 0 Å². The largest absolute Gasteiger partial charge is 0.350 e. The molecule has 2 aliphatic rings. The molecule has 1 fully saturated rings. The predicted octanol–water partition coefficient (Wildman–Crippen LogP) is 3.74. The Labute approximate surface area is 198 Å². The van der Waals surface area contributed by atoms with Crippen LogP contribution in [0, 0.1) is 6.92 Å². The first kappa shape index (κ1) is 23.9. The summed E-state index contributed by atoms with van der Waals surface area (Å²) < 4.78 is 27.7. The van der Waals surface area contributed by atoms with Gasteiger partial charge in [0.25, 0.3) is 5.91 Å². The van der Waals surface area contributed by atoms with Gasteiger partial charge in [-0.05, 0) is 61.4 Å². The third-order valence-corrected chi connectivity index (χ3v) is 8.95. The second kappa shape index (κ2) is 10.4. The molecule has 7 heteroatoms. The number of carbonyl (C=O) groups is 1. The fourth-order valence-electron chi connectivity index (χ4n) is 4.93. The van der Waals surface area contributed by atoms with Crippen LogP contribution in [0.2, 0.25) is 0 Å². The quantitative estimate of drug-likeness (QED) is 0.671. The maximum Gasteiger partial charge on any atom is 0.251 e. The van der Waals surface area contributed by atoms with E-state index in [9.17, 15) is 13.2 Å². The van der Waals surface area contributed by atoms with E-state index in [1.165, 1.54) is 11.1 Å². The molecule has 0 spiro atoms. The molecule has 2 aromatic carbocycles. The van der Waals surface area contributed by atoms with E-state index in [-0.39, 0.29) is 16.8 Å². The van der Waals surface area contributed by atoms with Crippen molar-refractivity contribution in [2.75, 3.05) is 26.2 Å². The summed E-state index contributed by atoms with van der Waals surface area (Å²) in [6.45, 7) is 7.52. The summed E-state index contributed by atoms with van der Waals surface area (Å²) >= 11 is 0. The van der Waals surface area contributed by atoms with Crippen LogP contribution < -0.4 is 5.32 Å². The summed E-state index contributed by atoms with van der Waals surface area (Å²) in [5.74, 6) is -0.209. The van der Waals surface area contributed by atoms with Gasteiger partial charge in [-0.2, -0.15) is 4.31 Å². The minimum atomic E-state index is -3.57. The molecule has 33 heavy (non-hydrogen) atoms. The highest BCUT2D eigenvalue weighted by Crippen LogP contribution is 2.24. The zero-order chi connectivity index (χ0) is 23.4. The second-order valence-corrected chi connectivity index (χ2v) is 11.1. The van der Waals surface area contributed by atoms with Gasteiger partial charge in [0.2, 0.25) is 10.0 Å². The topological polar surface area (TPSA) is 69.7 Å². The molecule has 2 aliphatic heterocycles. The normalized spacial score (nSPS) is 18.5. The Bertz CT molecular complexity index is 1090. The number of carbonyl (C=O) groups excluding carboxylic acids is 1. The molecule has 0 radical (unpaired) electrons. The van der Waals surface area contributed by atoms with Crippen molar-refractivity contribution in [1.82, 2.24) is 14.5 Å². The standard InChI is InChI=1S/C26H35N3O3S/c1-3-23(28-16-13-21-9-5-6-10-22(21)19-28)18-27-26(30)25-17-24(12-11-20(25)2)33(31,32)29-14-7-4-8-15-29/h5-6,9-12,17,23H,3-4,7-8,13-16,18-19H2,1-2H3,(H,27,30). The van der Waals surface area contributed by atoms with Crippen LogP contribution in [-0.4, -0.2) is 55.8 Å². The summed E-state index contributed by atoms with van der Waals surface area (Å²) in [5.41, 5.74) is 3.99. The van der Waals surface area contributed by atoms with Crippen molar-refractivity contribution in [3.05, 3.63) is 64.7 Å². The van der Waals surface area contributed by atoms with Crippen LogP contribution in [0.3, 0.4) is 0 Å². The number of nitrogens with zero attached hydrogens (tertiary/aromatic N) is 2. The summed E-state index contributed by atoms with van der Waals surface area (Å²) in [6, 6.07) is 13.7. The molecule has 0 saturated carbocycles. The number of fused-ring (bicyclic) bond motifs is 1. The number of amides is 1. The van der Waals surface area contributed by atoms with Crippen molar-refractivity contribution in [2.45, 2.75) is 63.4 Å². The Hall–Kier alpha value is -2.22. The van der Waals surface area contributed by atoms with Crippen molar-refractivity contribution < 1.29 is 13.2 Å². The molecule has 1 atom stereocenters. The van der Waals surface area contributed by atoms with Gasteiger partial charge in [-0.25, -0.2) is 8.42 Å². The molecule has 6 nitrogen and oxygen atoms in total. The number of aryl methyl sites for hydroxylation is 1. The van der Waals surface area contributed by atoms with Crippen molar-refractivity contribution in [3.8, 4) is 0 Å². The zero-order valence-corrected chi connectivity index (χ0v) is 20.5. The first-order chi connectivity index (χ1) is 15.9. The van der Waals surface area contributed by atoms with Gasteiger partial charge in [-0.15, -0.1) is 0 Å². The van der Waals surface area contributed by atoms with E-state index in [4.69, 9.17) is 0 Å². The Morgan fingerprint density at radius 2 is 1.76 bits per heavy atom. The number of piperidine rings is 1. The SMILES string of the molecule is CCC(CNC(=O)c1cc(S(=O)(=O)N2CCCCC2)ccc1C)N1CCc2ccccc2C1. The number of benzene rings is 2. The van der Waals surface area contributed by atoms with Crippen LogP contribution >= 0.6 is 0 Å². The Kier molecular flexibility index (Phi) is 7.51. The lowest BCUT2D eigenvalue weighted by Gasteiger charge is -2.35. The predicted molar refractivity (Wildman–Crippen MR) is 131 cm³/mol. The van der Waals surface area contributed by atoms with E-state index < -0.39 is 10.0 Å². The average molecular weight is 470 g/mol. The van der Waals surface area contributed by atoms with Gasteiger partial charge in [-0.3, -0.25) is 9.69 Å².